The van der Waals surface area contributed by atoms with Crippen LogP contribution in [-0.2, 0) is 25.6 Å². The molecule has 5 unspecified atom stereocenters. The predicted octanol–water partition coefficient (Wildman–Crippen LogP) is -0.970. The molecule has 41 heavy (non-hydrogen) atoms. The predicted molar refractivity (Wildman–Crippen MR) is 155 cm³/mol. The van der Waals surface area contributed by atoms with Crippen molar-refractivity contribution in [3.8, 4) is 5.75 Å². The number of rotatable bonds is 19. The first kappa shape index (κ1) is 35.1. The van der Waals surface area contributed by atoms with Crippen LogP contribution in [-0.4, -0.2) is 77.1 Å². The van der Waals surface area contributed by atoms with Gasteiger partial charge in [-0.25, -0.2) is 4.79 Å². The molecule has 0 saturated carbocycles. The molecule has 0 aromatic heterocycles. The molecule has 3 amide bonds. The summed E-state index contributed by atoms with van der Waals surface area (Å²) < 4.78 is 0. The number of carbonyl (C=O) groups excluding carboxylic acids is 3. The summed E-state index contributed by atoms with van der Waals surface area (Å²) >= 11 is 0. The molecule has 0 aliphatic rings. The third kappa shape index (κ3) is 13.3. The highest BCUT2D eigenvalue weighted by molar-refractivity contribution is 5.94. The van der Waals surface area contributed by atoms with E-state index in [1.807, 2.05) is 6.92 Å². The van der Waals surface area contributed by atoms with E-state index in [2.05, 4.69) is 20.9 Å². The zero-order valence-corrected chi connectivity index (χ0v) is 23.8. The number of benzene rings is 1. The van der Waals surface area contributed by atoms with Gasteiger partial charge in [-0.1, -0.05) is 32.4 Å². The van der Waals surface area contributed by atoms with Crippen molar-refractivity contribution in [1.82, 2.24) is 16.0 Å². The van der Waals surface area contributed by atoms with Crippen molar-refractivity contribution in [2.45, 2.75) is 83.0 Å². The molecule has 230 valence electrons. The summed E-state index contributed by atoms with van der Waals surface area (Å²) in [7, 11) is 0. The summed E-state index contributed by atoms with van der Waals surface area (Å²) in [6.07, 6.45) is 2.58. The minimum absolute atomic E-state index is 0.0366. The number of carbonyl (C=O) groups is 4. The number of nitrogens with two attached hydrogens (primary N) is 4. The van der Waals surface area contributed by atoms with Crippen molar-refractivity contribution in [3.05, 3.63) is 29.8 Å². The quantitative estimate of drug-likeness (QED) is 0.0551. The fourth-order valence-electron chi connectivity index (χ4n) is 3.97. The number of nitrogens with one attached hydrogen (secondary N) is 3. The van der Waals surface area contributed by atoms with E-state index in [0.717, 1.165) is 0 Å². The number of hydrogen-bond acceptors (Lipinski definition) is 8. The van der Waals surface area contributed by atoms with Gasteiger partial charge in [-0.05, 0) is 62.3 Å². The molecule has 0 saturated heterocycles. The van der Waals surface area contributed by atoms with E-state index in [4.69, 9.17) is 22.9 Å². The highest BCUT2D eigenvalue weighted by Crippen LogP contribution is 2.14. The Kier molecular flexibility index (Phi) is 15.8. The van der Waals surface area contributed by atoms with Crippen molar-refractivity contribution in [3.63, 3.8) is 0 Å². The fourth-order valence-corrected chi connectivity index (χ4v) is 3.97. The fraction of sp³-hybridized carbons (Fsp3) is 0.593. The molecule has 0 spiro atoms. The second-order valence-electron chi connectivity index (χ2n) is 10.0. The van der Waals surface area contributed by atoms with Crippen LogP contribution in [0.4, 0.5) is 0 Å². The lowest BCUT2D eigenvalue weighted by molar-refractivity contribution is -0.143. The molecule has 5 atom stereocenters. The zero-order valence-electron chi connectivity index (χ0n) is 23.8. The Hall–Kier alpha value is -3.91. The van der Waals surface area contributed by atoms with E-state index in [1.165, 1.54) is 12.1 Å². The molecule has 0 heterocycles. The Morgan fingerprint density at radius 2 is 1.54 bits per heavy atom. The number of unbranched alkanes of at least 4 members (excludes halogenated alkanes) is 1. The topological polar surface area (TPSA) is 261 Å². The van der Waals surface area contributed by atoms with Gasteiger partial charge < -0.3 is 49.1 Å². The van der Waals surface area contributed by atoms with Crippen LogP contribution in [0, 0.1) is 5.92 Å². The number of amides is 3. The third-order valence-electron chi connectivity index (χ3n) is 6.67. The molecule has 1 rings (SSSR count). The first-order chi connectivity index (χ1) is 19.4. The van der Waals surface area contributed by atoms with Gasteiger partial charge in [-0.15, -0.1) is 0 Å². The Balaban J connectivity index is 3.09. The van der Waals surface area contributed by atoms with E-state index in [9.17, 15) is 29.4 Å². The summed E-state index contributed by atoms with van der Waals surface area (Å²) in [6, 6.07) is 1.86. The smallest absolute Gasteiger partial charge is 0.326 e. The second kappa shape index (κ2) is 18.4. The summed E-state index contributed by atoms with van der Waals surface area (Å²) in [6.45, 7) is 4.29. The van der Waals surface area contributed by atoms with Crippen LogP contribution in [0.2, 0.25) is 0 Å². The van der Waals surface area contributed by atoms with Gasteiger partial charge in [0.1, 0.15) is 23.9 Å². The van der Waals surface area contributed by atoms with Gasteiger partial charge in [0.15, 0.2) is 5.96 Å². The number of hydrogen-bond donors (Lipinski definition) is 9. The maximum Gasteiger partial charge on any atom is 0.326 e. The molecule has 1 aromatic rings. The van der Waals surface area contributed by atoms with Crippen LogP contribution in [0.3, 0.4) is 0 Å². The average molecular weight is 579 g/mol. The molecule has 0 radical (unpaired) electrons. The number of guanidine groups is 1. The monoisotopic (exact) mass is 578 g/mol. The molecule has 1 aromatic carbocycles. The molecule has 0 fully saturated rings. The second-order valence-corrected chi connectivity index (χ2v) is 10.0. The van der Waals surface area contributed by atoms with Gasteiger partial charge >= 0.3 is 5.97 Å². The number of carboxylic acids is 1. The summed E-state index contributed by atoms with van der Waals surface area (Å²) in [5, 5.41) is 27.1. The standard InChI is InChI=1S/C27H46N8O6/c1-3-16(2)22(25(39)33-20(26(40)41)8-4-5-13-28)35-24(38)21(15-17-9-11-18(36)12-10-17)34-23(37)19(29)7-6-14-32-27(30)31/h9-12,16,19-22,36H,3-8,13-15,28-29H2,1-2H3,(H,33,39)(H,34,37)(H,35,38)(H,40,41)(H4,30,31,32). The molecular weight excluding hydrogens is 532 g/mol. The van der Waals surface area contributed by atoms with Crippen LogP contribution in [0.25, 0.3) is 0 Å². The molecule has 14 nitrogen and oxygen atoms in total. The van der Waals surface area contributed by atoms with E-state index < -0.39 is 47.9 Å². The minimum Gasteiger partial charge on any atom is -0.508 e. The number of aliphatic carboxylic acids is 1. The highest BCUT2D eigenvalue weighted by Gasteiger charge is 2.32. The zero-order chi connectivity index (χ0) is 30.9. The number of nitrogens with zero attached hydrogens (tertiary/aromatic N) is 1. The van der Waals surface area contributed by atoms with Crippen LogP contribution in [0.1, 0.15) is 57.9 Å². The lowest BCUT2D eigenvalue weighted by Gasteiger charge is -2.28. The van der Waals surface area contributed by atoms with Gasteiger partial charge in [-0.3, -0.25) is 19.4 Å². The number of phenolic OH excluding ortho intramolecular Hbond substituents is 1. The van der Waals surface area contributed by atoms with Gasteiger partial charge in [0.25, 0.3) is 0 Å². The van der Waals surface area contributed by atoms with E-state index in [-0.39, 0.29) is 43.4 Å². The molecule has 0 aliphatic heterocycles. The van der Waals surface area contributed by atoms with Gasteiger partial charge in [0.05, 0.1) is 6.04 Å². The van der Waals surface area contributed by atoms with Crippen molar-refractivity contribution < 1.29 is 29.4 Å². The Labute approximate surface area is 240 Å². The lowest BCUT2D eigenvalue weighted by Crippen LogP contribution is -2.59. The summed E-state index contributed by atoms with van der Waals surface area (Å²) in [4.78, 5) is 55.2. The lowest BCUT2D eigenvalue weighted by atomic mass is 9.96. The largest absolute Gasteiger partial charge is 0.508 e. The maximum atomic E-state index is 13.5. The van der Waals surface area contributed by atoms with Crippen LogP contribution < -0.4 is 38.9 Å². The van der Waals surface area contributed by atoms with Crippen molar-refractivity contribution >= 4 is 29.7 Å². The minimum atomic E-state index is -1.18. The number of aliphatic imine (C=N–C) groups is 1. The third-order valence-corrected chi connectivity index (χ3v) is 6.67. The first-order valence-electron chi connectivity index (χ1n) is 13.8. The summed E-state index contributed by atoms with van der Waals surface area (Å²) in [5.41, 5.74) is 22.8. The normalized spacial score (nSPS) is 14.5. The van der Waals surface area contributed by atoms with Crippen LogP contribution in [0.15, 0.2) is 29.3 Å². The molecule has 14 heteroatoms. The number of phenols is 1. The Bertz CT molecular complexity index is 1020. The first-order valence-corrected chi connectivity index (χ1v) is 13.8. The Morgan fingerprint density at radius 3 is 2.10 bits per heavy atom. The van der Waals surface area contributed by atoms with Gasteiger partial charge in [0, 0.05) is 13.0 Å². The van der Waals surface area contributed by atoms with E-state index >= 15 is 0 Å². The maximum absolute atomic E-state index is 13.5. The Morgan fingerprint density at radius 1 is 0.902 bits per heavy atom. The SMILES string of the molecule is CCC(C)C(NC(=O)C(Cc1ccc(O)cc1)NC(=O)C(N)CCCN=C(N)N)C(=O)NC(CCCCN)C(=O)O. The number of carboxylic acid groups (broad SMARTS) is 1. The average Bonchev–Trinajstić information content (AvgIpc) is 2.93. The van der Waals surface area contributed by atoms with Crippen LogP contribution >= 0.6 is 0 Å². The van der Waals surface area contributed by atoms with Crippen molar-refractivity contribution in [2.24, 2.45) is 33.8 Å². The van der Waals surface area contributed by atoms with Crippen LogP contribution in [0.5, 0.6) is 5.75 Å². The van der Waals surface area contributed by atoms with E-state index in [1.54, 1.807) is 19.1 Å². The highest BCUT2D eigenvalue weighted by atomic mass is 16.4. The van der Waals surface area contributed by atoms with Gasteiger partial charge in [-0.2, -0.15) is 0 Å². The molecule has 0 bridgehead atoms. The van der Waals surface area contributed by atoms with Gasteiger partial charge in [0.2, 0.25) is 17.7 Å². The van der Waals surface area contributed by atoms with Crippen molar-refractivity contribution in [1.29, 1.82) is 0 Å². The molecule has 0 aliphatic carbocycles. The van der Waals surface area contributed by atoms with Crippen molar-refractivity contribution in [2.75, 3.05) is 13.1 Å². The molecule has 13 N–H and O–H groups in total. The molecular formula is C27H46N8O6. The number of aromatic hydroxyl groups is 1. The summed E-state index contributed by atoms with van der Waals surface area (Å²) in [5.74, 6) is -3.43. The van der Waals surface area contributed by atoms with E-state index in [0.29, 0.717) is 37.8 Å².